The molecule has 2 heterocycles. The Morgan fingerprint density at radius 2 is 1.69 bits per heavy atom. The third-order valence-corrected chi connectivity index (χ3v) is 4.01. The molecule has 0 saturated heterocycles. The summed E-state index contributed by atoms with van der Waals surface area (Å²) in [4.78, 5) is 16.6. The monoisotopic (exact) mass is 367 g/mol. The highest BCUT2D eigenvalue weighted by Crippen LogP contribution is 2.34. The standard InChI is InChI=1S/C19H14ClN3O3/c20-12-1-3-13(4-2-12)22-15-7-8-21-16(9-15)19(24)23-14-5-6-17-18(10-14)26-11-25-17/h1-10H,11H2,(H,21,22)(H,23,24). The zero-order valence-electron chi connectivity index (χ0n) is 13.5. The van der Waals surface area contributed by atoms with Crippen LogP contribution >= 0.6 is 11.6 Å². The summed E-state index contributed by atoms with van der Waals surface area (Å²) in [5, 5.41) is 6.67. The lowest BCUT2D eigenvalue weighted by Crippen LogP contribution is -2.13. The molecule has 0 radical (unpaired) electrons. The number of carbonyl (C=O) groups excluding carboxylic acids is 1. The Balaban J connectivity index is 1.48. The lowest BCUT2D eigenvalue weighted by Gasteiger charge is -2.09. The van der Waals surface area contributed by atoms with Crippen LogP contribution in [0.15, 0.2) is 60.8 Å². The van der Waals surface area contributed by atoms with Crippen LogP contribution in [0.1, 0.15) is 10.5 Å². The second kappa shape index (κ2) is 6.93. The van der Waals surface area contributed by atoms with Gasteiger partial charge in [0.2, 0.25) is 6.79 Å². The first kappa shape index (κ1) is 16.2. The van der Waals surface area contributed by atoms with Gasteiger partial charge in [-0.3, -0.25) is 9.78 Å². The van der Waals surface area contributed by atoms with Gasteiger partial charge in [-0.1, -0.05) is 11.6 Å². The van der Waals surface area contributed by atoms with E-state index in [4.69, 9.17) is 21.1 Å². The number of amides is 1. The molecule has 26 heavy (non-hydrogen) atoms. The van der Waals surface area contributed by atoms with Gasteiger partial charge in [-0.05, 0) is 48.5 Å². The maximum atomic E-state index is 12.5. The van der Waals surface area contributed by atoms with Gasteiger partial charge in [-0.25, -0.2) is 0 Å². The van der Waals surface area contributed by atoms with Crippen LogP contribution in [0, 0.1) is 0 Å². The summed E-state index contributed by atoms with van der Waals surface area (Å²) in [5.41, 5.74) is 2.51. The van der Waals surface area contributed by atoms with Crippen molar-refractivity contribution in [2.75, 3.05) is 17.4 Å². The Hall–Kier alpha value is -3.25. The second-order valence-electron chi connectivity index (χ2n) is 5.58. The molecule has 1 aliphatic heterocycles. The SMILES string of the molecule is O=C(Nc1ccc2c(c1)OCO2)c1cc(Nc2ccc(Cl)cc2)ccn1. The first-order chi connectivity index (χ1) is 12.7. The van der Waals surface area contributed by atoms with E-state index in [1.54, 1.807) is 48.7 Å². The average molecular weight is 368 g/mol. The Labute approximate surface area is 154 Å². The molecule has 0 spiro atoms. The third-order valence-electron chi connectivity index (χ3n) is 3.76. The maximum Gasteiger partial charge on any atom is 0.274 e. The Bertz CT molecular complexity index is 960. The zero-order valence-corrected chi connectivity index (χ0v) is 14.3. The highest BCUT2D eigenvalue weighted by atomic mass is 35.5. The van der Waals surface area contributed by atoms with E-state index in [-0.39, 0.29) is 12.7 Å². The van der Waals surface area contributed by atoms with Crippen molar-refractivity contribution in [1.29, 1.82) is 0 Å². The van der Waals surface area contributed by atoms with Crippen molar-refractivity contribution in [2.45, 2.75) is 0 Å². The summed E-state index contributed by atoms with van der Waals surface area (Å²) in [6.45, 7) is 0.187. The van der Waals surface area contributed by atoms with Crippen LogP contribution in [-0.4, -0.2) is 17.7 Å². The molecule has 130 valence electrons. The van der Waals surface area contributed by atoms with Gasteiger partial charge in [-0.2, -0.15) is 0 Å². The summed E-state index contributed by atoms with van der Waals surface area (Å²) < 4.78 is 10.6. The van der Waals surface area contributed by atoms with Crippen LogP contribution in [0.5, 0.6) is 11.5 Å². The molecule has 1 amide bonds. The lowest BCUT2D eigenvalue weighted by atomic mass is 10.2. The minimum Gasteiger partial charge on any atom is -0.454 e. The van der Waals surface area contributed by atoms with Crippen molar-refractivity contribution in [2.24, 2.45) is 0 Å². The fraction of sp³-hybridized carbons (Fsp3) is 0.0526. The van der Waals surface area contributed by atoms with Crippen molar-refractivity contribution < 1.29 is 14.3 Å². The van der Waals surface area contributed by atoms with Crippen LogP contribution in [0.25, 0.3) is 0 Å². The molecule has 6 nitrogen and oxygen atoms in total. The third kappa shape index (κ3) is 3.55. The van der Waals surface area contributed by atoms with Crippen molar-refractivity contribution in [3.63, 3.8) is 0 Å². The lowest BCUT2D eigenvalue weighted by molar-refractivity contribution is 0.102. The number of benzene rings is 2. The minimum atomic E-state index is -0.316. The maximum absolute atomic E-state index is 12.5. The number of fused-ring (bicyclic) bond motifs is 1. The highest BCUT2D eigenvalue weighted by molar-refractivity contribution is 6.30. The molecule has 0 bridgehead atoms. The van der Waals surface area contributed by atoms with Gasteiger partial charge in [-0.15, -0.1) is 0 Å². The van der Waals surface area contributed by atoms with E-state index < -0.39 is 0 Å². The number of rotatable bonds is 4. The van der Waals surface area contributed by atoms with Crippen LogP contribution in [0.4, 0.5) is 17.1 Å². The zero-order chi connectivity index (χ0) is 17.9. The first-order valence-corrected chi connectivity index (χ1v) is 8.25. The van der Waals surface area contributed by atoms with Crippen LogP contribution in [-0.2, 0) is 0 Å². The van der Waals surface area contributed by atoms with E-state index in [0.29, 0.717) is 27.9 Å². The average Bonchev–Trinajstić information content (AvgIpc) is 3.12. The molecule has 0 fully saturated rings. The normalized spacial score (nSPS) is 11.9. The minimum absolute atomic E-state index is 0.187. The first-order valence-electron chi connectivity index (χ1n) is 7.87. The molecule has 2 aromatic carbocycles. The number of halogens is 1. The summed E-state index contributed by atoms with van der Waals surface area (Å²) in [7, 11) is 0. The molecule has 1 aromatic heterocycles. The van der Waals surface area contributed by atoms with Crippen molar-refractivity contribution in [3.05, 3.63) is 71.5 Å². The molecule has 0 aliphatic carbocycles. The van der Waals surface area contributed by atoms with Gasteiger partial charge >= 0.3 is 0 Å². The van der Waals surface area contributed by atoms with E-state index in [1.807, 2.05) is 12.1 Å². The van der Waals surface area contributed by atoms with Crippen molar-refractivity contribution in [1.82, 2.24) is 4.98 Å². The fourth-order valence-corrected chi connectivity index (χ4v) is 2.63. The van der Waals surface area contributed by atoms with Gasteiger partial charge < -0.3 is 20.1 Å². The Kier molecular flexibility index (Phi) is 4.33. The molecule has 0 atom stereocenters. The number of anilines is 3. The number of nitrogens with zero attached hydrogens (tertiary/aromatic N) is 1. The predicted molar refractivity (Wildman–Crippen MR) is 99.5 cm³/mol. The van der Waals surface area contributed by atoms with Crippen LogP contribution < -0.4 is 20.1 Å². The van der Waals surface area contributed by atoms with Gasteiger partial charge in [0.1, 0.15) is 5.69 Å². The van der Waals surface area contributed by atoms with E-state index in [0.717, 1.165) is 11.4 Å². The number of hydrogen-bond acceptors (Lipinski definition) is 5. The van der Waals surface area contributed by atoms with Crippen molar-refractivity contribution >= 4 is 34.6 Å². The number of nitrogens with one attached hydrogen (secondary N) is 2. The van der Waals surface area contributed by atoms with Crippen LogP contribution in [0.2, 0.25) is 5.02 Å². The summed E-state index contributed by atoms with van der Waals surface area (Å²) >= 11 is 5.89. The van der Waals surface area contributed by atoms with Gasteiger partial charge in [0, 0.05) is 34.3 Å². The van der Waals surface area contributed by atoms with Crippen LogP contribution in [0.3, 0.4) is 0 Å². The number of carbonyl (C=O) groups is 1. The molecule has 4 rings (SSSR count). The van der Waals surface area contributed by atoms with Gasteiger partial charge in [0.15, 0.2) is 11.5 Å². The molecule has 3 aromatic rings. The van der Waals surface area contributed by atoms with E-state index >= 15 is 0 Å². The number of hydrogen-bond donors (Lipinski definition) is 2. The summed E-state index contributed by atoms with van der Waals surface area (Å²) in [5.74, 6) is 0.952. The molecule has 7 heteroatoms. The van der Waals surface area contributed by atoms with E-state index in [1.165, 1.54) is 0 Å². The topological polar surface area (TPSA) is 72.5 Å². The quantitative estimate of drug-likeness (QED) is 0.712. The molecule has 0 saturated carbocycles. The Morgan fingerprint density at radius 3 is 2.54 bits per heavy atom. The largest absolute Gasteiger partial charge is 0.454 e. The number of pyridine rings is 1. The van der Waals surface area contributed by atoms with Gasteiger partial charge in [0.25, 0.3) is 5.91 Å². The molecule has 1 aliphatic rings. The summed E-state index contributed by atoms with van der Waals surface area (Å²) in [6.07, 6.45) is 1.58. The second-order valence-corrected chi connectivity index (χ2v) is 6.02. The van der Waals surface area contributed by atoms with E-state index in [2.05, 4.69) is 15.6 Å². The van der Waals surface area contributed by atoms with E-state index in [9.17, 15) is 4.79 Å². The fourth-order valence-electron chi connectivity index (χ4n) is 2.50. The number of ether oxygens (including phenoxy) is 2. The Morgan fingerprint density at radius 1 is 0.923 bits per heavy atom. The predicted octanol–water partition coefficient (Wildman–Crippen LogP) is 4.46. The van der Waals surface area contributed by atoms with Gasteiger partial charge in [0.05, 0.1) is 0 Å². The summed E-state index contributed by atoms with van der Waals surface area (Å²) in [6, 6.07) is 16.0. The molecular weight excluding hydrogens is 354 g/mol. The highest BCUT2D eigenvalue weighted by Gasteiger charge is 2.15. The van der Waals surface area contributed by atoms with Crippen molar-refractivity contribution in [3.8, 4) is 11.5 Å². The molecular formula is C19H14ClN3O3. The smallest absolute Gasteiger partial charge is 0.274 e. The number of aromatic nitrogens is 1. The molecule has 0 unspecified atom stereocenters. The molecule has 2 N–H and O–H groups in total.